The Balaban J connectivity index is 1.83. The standard InChI is InChI=1S/C23H29N5O/c1-18-16-19(2)28(25-18)22-13-9-8-12-21(22)24-23(29)27(15-14-26(3)4)17-20-10-6-5-7-11-20/h5-13,16H,14-15,17H2,1-4H3,(H,24,29). The van der Waals surface area contributed by atoms with Crippen LogP contribution in [-0.4, -0.2) is 52.8 Å². The molecular formula is C23H29N5O. The number of rotatable bonds is 7. The highest BCUT2D eigenvalue weighted by molar-refractivity contribution is 5.91. The molecule has 0 saturated heterocycles. The van der Waals surface area contributed by atoms with E-state index >= 15 is 0 Å². The van der Waals surface area contributed by atoms with Crippen LogP contribution in [0.15, 0.2) is 60.7 Å². The molecular weight excluding hydrogens is 362 g/mol. The fraction of sp³-hybridized carbons (Fsp3) is 0.304. The lowest BCUT2D eigenvalue weighted by molar-refractivity contribution is 0.202. The molecule has 1 aromatic heterocycles. The van der Waals surface area contributed by atoms with E-state index < -0.39 is 0 Å². The second-order valence-electron chi connectivity index (χ2n) is 7.50. The van der Waals surface area contributed by atoms with Gasteiger partial charge in [0.1, 0.15) is 0 Å². The van der Waals surface area contributed by atoms with E-state index in [1.165, 1.54) is 0 Å². The van der Waals surface area contributed by atoms with Crippen molar-refractivity contribution in [2.24, 2.45) is 0 Å². The Labute approximate surface area is 172 Å². The number of urea groups is 1. The summed E-state index contributed by atoms with van der Waals surface area (Å²) in [7, 11) is 4.02. The van der Waals surface area contributed by atoms with Crippen LogP contribution in [0, 0.1) is 13.8 Å². The van der Waals surface area contributed by atoms with Crippen LogP contribution in [0.5, 0.6) is 0 Å². The second-order valence-corrected chi connectivity index (χ2v) is 7.50. The molecule has 0 saturated carbocycles. The van der Waals surface area contributed by atoms with E-state index in [2.05, 4.69) is 15.3 Å². The summed E-state index contributed by atoms with van der Waals surface area (Å²) >= 11 is 0. The van der Waals surface area contributed by atoms with Gasteiger partial charge in [0, 0.05) is 25.3 Å². The van der Waals surface area contributed by atoms with Crippen molar-refractivity contribution in [1.82, 2.24) is 19.6 Å². The van der Waals surface area contributed by atoms with E-state index in [9.17, 15) is 4.79 Å². The summed E-state index contributed by atoms with van der Waals surface area (Å²) in [4.78, 5) is 17.1. The molecule has 0 atom stereocenters. The van der Waals surface area contributed by atoms with E-state index in [1.54, 1.807) is 0 Å². The van der Waals surface area contributed by atoms with Gasteiger partial charge in [0.25, 0.3) is 0 Å². The van der Waals surface area contributed by atoms with Crippen molar-refractivity contribution in [2.75, 3.05) is 32.5 Å². The zero-order chi connectivity index (χ0) is 20.8. The van der Waals surface area contributed by atoms with Crippen LogP contribution in [-0.2, 0) is 6.54 Å². The van der Waals surface area contributed by atoms with Gasteiger partial charge in [0.05, 0.1) is 17.1 Å². The zero-order valence-electron chi connectivity index (χ0n) is 17.6. The first-order valence-electron chi connectivity index (χ1n) is 9.81. The van der Waals surface area contributed by atoms with E-state index in [-0.39, 0.29) is 6.03 Å². The number of carbonyl (C=O) groups is 1. The topological polar surface area (TPSA) is 53.4 Å². The van der Waals surface area contributed by atoms with Crippen LogP contribution in [0.1, 0.15) is 17.0 Å². The highest BCUT2D eigenvalue weighted by atomic mass is 16.2. The summed E-state index contributed by atoms with van der Waals surface area (Å²) in [6.45, 7) is 5.96. The smallest absolute Gasteiger partial charge is 0.319 e. The predicted octanol–water partition coefficient (Wildman–Crippen LogP) is 4.08. The van der Waals surface area contributed by atoms with Crippen LogP contribution in [0.25, 0.3) is 5.69 Å². The van der Waals surface area contributed by atoms with Gasteiger partial charge in [0.15, 0.2) is 0 Å². The van der Waals surface area contributed by atoms with Gasteiger partial charge < -0.3 is 15.1 Å². The summed E-state index contributed by atoms with van der Waals surface area (Å²) in [5.74, 6) is 0. The van der Waals surface area contributed by atoms with Crippen LogP contribution in [0.4, 0.5) is 10.5 Å². The lowest BCUT2D eigenvalue weighted by Gasteiger charge is -2.25. The molecule has 0 unspecified atom stereocenters. The number of hydrogen-bond acceptors (Lipinski definition) is 3. The third-order valence-electron chi connectivity index (χ3n) is 4.70. The molecule has 2 aromatic carbocycles. The number of benzene rings is 2. The summed E-state index contributed by atoms with van der Waals surface area (Å²) in [5.41, 5.74) is 4.68. The zero-order valence-corrected chi connectivity index (χ0v) is 17.6. The monoisotopic (exact) mass is 391 g/mol. The normalized spacial score (nSPS) is 10.9. The fourth-order valence-electron chi connectivity index (χ4n) is 3.21. The average molecular weight is 392 g/mol. The lowest BCUT2D eigenvalue weighted by Crippen LogP contribution is -2.39. The molecule has 6 nitrogen and oxygen atoms in total. The van der Waals surface area contributed by atoms with Gasteiger partial charge in [-0.3, -0.25) is 0 Å². The van der Waals surface area contributed by atoms with Crippen LogP contribution in [0.3, 0.4) is 0 Å². The number of aryl methyl sites for hydroxylation is 2. The van der Waals surface area contributed by atoms with E-state index in [0.29, 0.717) is 13.1 Å². The van der Waals surface area contributed by atoms with E-state index in [0.717, 1.165) is 34.9 Å². The molecule has 6 heteroatoms. The molecule has 3 aromatic rings. The predicted molar refractivity (Wildman–Crippen MR) is 117 cm³/mol. The number of anilines is 1. The second kappa shape index (κ2) is 9.39. The van der Waals surface area contributed by atoms with Crippen LogP contribution < -0.4 is 5.32 Å². The number of nitrogens with one attached hydrogen (secondary N) is 1. The number of carbonyl (C=O) groups excluding carboxylic acids is 1. The van der Waals surface area contributed by atoms with Gasteiger partial charge in [0.2, 0.25) is 0 Å². The Kier molecular flexibility index (Phi) is 6.67. The first-order chi connectivity index (χ1) is 13.9. The number of likely N-dealkylation sites (N-methyl/N-ethyl adjacent to an activating group) is 1. The highest BCUT2D eigenvalue weighted by Gasteiger charge is 2.17. The molecule has 3 rings (SSSR count). The molecule has 0 fully saturated rings. The van der Waals surface area contributed by atoms with Gasteiger partial charge in [-0.15, -0.1) is 0 Å². The molecule has 29 heavy (non-hydrogen) atoms. The van der Waals surface area contributed by atoms with Crippen molar-refractivity contribution in [2.45, 2.75) is 20.4 Å². The van der Waals surface area contributed by atoms with Gasteiger partial charge in [-0.05, 0) is 51.7 Å². The average Bonchev–Trinajstić information content (AvgIpc) is 3.04. The van der Waals surface area contributed by atoms with Gasteiger partial charge in [-0.1, -0.05) is 42.5 Å². The largest absolute Gasteiger partial charge is 0.322 e. The number of aromatic nitrogens is 2. The SMILES string of the molecule is Cc1cc(C)n(-c2ccccc2NC(=O)N(CCN(C)C)Cc2ccccc2)n1. The fourth-order valence-corrected chi connectivity index (χ4v) is 3.21. The van der Waals surface area contributed by atoms with Gasteiger partial charge >= 0.3 is 6.03 Å². The molecule has 1 heterocycles. The quantitative estimate of drug-likeness (QED) is 0.660. The molecule has 0 radical (unpaired) electrons. The molecule has 0 aliphatic heterocycles. The van der Waals surface area contributed by atoms with Crippen molar-refractivity contribution >= 4 is 11.7 Å². The van der Waals surface area contributed by atoms with Gasteiger partial charge in [-0.2, -0.15) is 5.10 Å². The molecule has 152 valence electrons. The van der Waals surface area contributed by atoms with Crippen molar-refractivity contribution in [3.63, 3.8) is 0 Å². The Hall–Kier alpha value is -3.12. The number of amides is 2. The van der Waals surface area contributed by atoms with Crippen molar-refractivity contribution in [3.8, 4) is 5.69 Å². The summed E-state index contributed by atoms with van der Waals surface area (Å²) in [5, 5.41) is 7.66. The van der Waals surface area contributed by atoms with Crippen molar-refractivity contribution in [3.05, 3.63) is 77.6 Å². The molecule has 0 bridgehead atoms. The van der Waals surface area contributed by atoms with Crippen molar-refractivity contribution in [1.29, 1.82) is 0 Å². The molecule has 0 aliphatic rings. The van der Waals surface area contributed by atoms with E-state index in [4.69, 9.17) is 0 Å². The third kappa shape index (κ3) is 5.45. The summed E-state index contributed by atoms with van der Waals surface area (Å²) in [6.07, 6.45) is 0. The lowest BCUT2D eigenvalue weighted by atomic mass is 10.2. The molecule has 2 amide bonds. The number of nitrogens with zero attached hydrogens (tertiary/aromatic N) is 4. The molecule has 0 spiro atoms. The van der Waals surface area contributed by atoms with Crippen LogP contribution in [0.2, 0.25) is 0 Å². The van der Waals surface area contributed by atoms with E-state index in [1.807, 2.05) is 98.2 Å². The van der Waals surface area contributed by atoms with Crippen molar-refractivity contribution < 1.29 is 4.79 Å². The highest BCUT2D eigenvalue weighted by Crippen LogP contribution is 2.22. The number of hydrogen-bond donors (Lipinski definition) is 1. The minimum absolute atomic E-state index is 0.121. The first-order valence-corrected chi connectivity index (χ1v) is 9.81. The number of para-hydroxylation sites is 2. The Morgan fingerprint density at radius 2 is 1.69 bits per heavy atom. The maximum atomic E-state index is 13.2. The maximum Gasteiger partial charge on any atom is 0.322 e. The summed E-state index contributed by atoms with van der Waals surface area (Å²) < 4.78 is 1.87. The first kappa shape index (κ1) is 20.6. The van der Waals surface area contributed by atoms with Gasteiger partial charge in [-0.25, -0.2) is 9.48 Å². The van der Waals surface area contributed by atoms with Crippen LogP contribution >= 0.6 is 0 Å². The summed E-state index contributed by atoms with van der Waals surface area (Å²) in [6, 6.07) is 19.7. The minimum Gasteiger partial charge on any atom is -0.319 e. The molecule has 0 aliphatic carbocycles. The third-order valence-corrected chi connectivity index (χ3v) is 4.70. The Morgan fingerprint density at radius 3 is 2.34 bits per heavy atom. The maximum absolute atomic E-state index is 13.2. The Morgan fingerprint density at radius 1 is 1.00 bits per heavy atom. The minimum atomic E-state index is -0.121. The molecule has 1 N–H and O–H groups in total. The Bertz CT molecular complexity index is 949.